The third-order valence-electron chi connectivity index (χ3n) is 8.60. The van der Waals surface area contributed by atoms with Gasteiger partial charge in [-0.05, 0) is 86.6 Å². The summed E-state index contributed by atoms with van der Waals surface area (Å²) in [6, 6.07) is 11.8. The number of halogens is 1. The number of aliphatic hydroxyl groups is 1. The number of aliphatic imine (C=N–C) groups is 1. The van der Waals surface area contributed by atoms with E-state index in [1.807, 2.05) is 61.4 Å². The molecule has 248 valence electrons. The molecule has 4 rings (SSSR count). The summed E-state index contributed by atoms with van der Waals surface area (Å²) in [4.78, 5) is 18.1. The molecule has 2 unspecified atom stereocenters. The summed E-state index contributed by atoms with van der Waals surface area (Å²) in [5.74, 6) is 2.69. The molecule has 7 nitrogen and oxygen atoms in total. The Morgan fingerprint density at radius 1 is 1.24 bits per heavy atom. The average molecular weight is 649 g/mol. The number of aromatic nitrogens is 1. The Morgan fingerprint density at radius 3 is 2.74 bits per heavy atom. The van der Waals surface area contributed by atoms with Crippen molar-refractivity contribution in [1.82, 2.24) is 10.3 Å². The van der Waals surface area contributed by atoms with Gasteiger partial charge in [0.25, 0.3) is 0 Å². The zero-order chi connectivity index (χ0) is 33.7. The van der Waals surface area contributed by atoms with Gasteiger partial charge in [-0.1, -0.05) is 50.3 Å². The summed E-state index contributed by atoms with van der Waals surface area (Å²) in [6.07, 6.45) is 12.9. The van der Waals surface area contributed by atoms with E-state index in [1.54, 1.807) is 0 Å². The highest BCUT2D eigenvalue weighted by atomic mass is 32.2. The number of allylic oxidation sites excluding steroid dienone is 2. The molecule has 0 spiro atoms. The van der Waals surface area contributed by atoms with E-state index < -0.39 is 5.41 Å². The summed E-state index contributed by atoms with van der Waals surface area (Å²) in [5.41, 5.74) is 3.19. The zero-order valence-electron chi connectivity index (χ0n) is 27.8. The lowest BCUT2D eigenvalue weighted by atomic mass is 9.73. The molecule has 9 heteroatoms. The van der Waals surface area contributed by atoms with Crippen LogP contribution >= 0.6 is 11.8 Å². The third kappa shape index (κ3) is 9.50. The number of nitrogens with zero attached hydrogens (tertiary/aromatic N) is 1. The van der Waals surface area contributed by atoms with Crippen LogP contribution in [0.1, 0.15) is 63.1 Å². The van der Waals surface area contributed by atoms with Crippen molar-refractivity contribution in [3.05, 3.63) is 89.1 Å². The van der Waals surface area contributed by atoms with Crippen molar-refractivity contribution < 1.29 is 19.0 Å². The van der Waals surface area contributed by atoms with Crippen LogP contribution < -0.4 is 10.1 Å². The predicted molar refractivity (Wildman–Crippen MR) is 191 cm³/mol. The lowest BCUT2D eigenvalue weighted by Crippen LogP contribution is -2.33. The van der Waals surface area contributed by atoms with Crippen LogP contribution in [0.2, 0.25) is 0 Å². The van der Waals surface area contributed by atoms with Crippen LogP contribution in [0.5, 0.6) is 5.75 Å². The molecule has 0 radical (unpaired) electrons. The number of hydrogen-bond donors (Lipinski definition) is 4. The molecule has 0 amide bonds. The quantitative estimate of drug-likeness (QED) is 0.0554. The Bertz CT molecular complexity index is 1550. The molecule has 0 fully saturated rings. The number of nitrogens with one attached hydrogen (secondary N) is 3. The summed E-state index contributed by atoms with van der Waals surface area (Å²) in [5, 5.41) is 19.9. The lowest BCUT2D eigenvalue weighted by molar-refractivity contribution is -0.107. The van der Waals surface area contributed by atoms with Crippen LogP contribution in [0.4, 0.5) is 4.39 Å². The number of aliphatic hydroxyl groups excluding tert-OH is 1. The van der Waals surface area contributed by atoms with Crippen LogP contribution in [0, 0.1) is 16.6 Å². The number of aldehydes is 1. The molecule has 1 aliphatic carbocycles. The average Bonchev–Trinajstić information content (AvgIpc) is 3.54. The second-order valence-corrected chi connectivity index (χ2v) is 13.6. The van der Waals surface area contributed by atoms with Gasteiger partial charge in [0.15, 0.2) is 11.6 Å². The topological polar surface area (TPSA) is 111 Å². The highest BCUT2D eigenvalue weighted by molar-refractivity contribution is 7.99. The minimum Gasteiger partial charge on any atom is -0.458 e. The maximum atomic E-state index is 15.4. The monoisotopic (exact) mass is 648 g/mol. The normalized spacial score (nSPS) is 15.8. The molecule has 2 aromatic carbocycles. The van der Waals surface area contributed by atoms with Gasteiger partial charge >= 0.3 is 0 Å². The van der Waals surface area contributed by atoms with E-state index in [9.17, 15) is 4.79 Å². The van der Waals surface area contributed by atoms with Crippen molar-refractivity contribution in [3.8, 4) is 5.75 Å². The first-order chi connectivity index (χ1) is 22.1. The van der Waals surface area contributed by atoms with Gasteiger partial charge in [-0.2, -0.15) is 11.8 Å². The SMILES string of the molecule is C=NC(=N)C(C)(CCC(C)(C)CSCCc1c(OC2=CC=CC(NC)C2)c(F)cc2[nH]ccc12)c1cccc(CCC=O)c1.CO. The Balaban J connectivity index is 0.00000282. The Kier molecular flexibility index (Phi) is 14.0. The van der Waals surface area contributed by atoms with Gasteiger partial charge < -0.3 is 24.9 Å². The fraction of sp³-hybridized carbons (Fsp3) is 0.432. The number of likely N-dealkylation sites (N-methyl/N-ethyl adjacent to an activating group) is 1. The number of aryl methyl sites for hydroxylation is 2. The number of H-pyrrole nitrogens is 1. The second-order valence-electron chi connectivity index (χ2n) is 12.5. The minimum absolute atomic E-state index is 0.00537. The molecule has 0 bridgehead atoms. The number of carbonyl (C=O) groups excluding carboxylic acids is 1. The van der Waals surface area contributed by atoms with Crippen molar-refractivity contribution in [2.75, 3.05) is 25.7 Å². The first-order valence-corrected chi connectivity index (χ1v) is 16.9. The number of ether oxygens (including phenoxy) is 1. The van der Waals surface area contributed by atoms with Crippen molar-refractivity contribution in [3.63, 3.8) is 0 Å². The van der Waals surface area contributed by atoms with Crippen molar-refractivity contribution in [2.24, 2.45) is 10.4 Å². The number of benzene rings is 2. The molecule has 46 heavy (non-hydrogen) atoms. The van der Waals surface area contributed by atoms with E-state index in [1.165, 1.54) is 6.07 Å². The van der Waals surface area contributed by atoms with Crippen molar-refractivity contribution >= 4 is 41.5 Å². The maximum Gasteiger partial charge on any atom is 0.168 e. The maximum absolute atomic E-state index is 15.4. The highest BCUT2D eigenvalue weighted by Gasteiger charge is 2.34. The first-order valence-electron chi connectivity index (χ1n) is 15.7. The van der Waals surface area contributed by atoms with E-state index >= 15 is 4.39 Å². The molecule has 3 aromatic rings. The van der Waals surface area contributed by atoms with Crippen LogP contribution in [0.3, 0.4) is 0 Å². The first kappa shape index (κ1) is 36.9. The molecule has 2 atom stereocenters. The molecule has 0 saturated carbocycles. The highest BCUT2D eigenvalue weighted by Crippen LogP contribution is 2.39. The van der Waals surface area contributed by atoms with E-state index in [-0.39, 0.29) is 23.1 Å². The smallest absolute Gasteiger partial charge is 0.168 e. The number of aromatic amines is 1. The number of hydrogen-bond acceptors (Lipinski definition) is 6. The standard InChI is InChI=1S/C36H45FN4O2S.CH4O/c1-35(2,16-17-36(3,34(38)40-5)26-11-6-9-25(21-26)10-8-19-42)24-44-20-15-30-29-14-18-41-32(29)23-31(37)33(30)43-28-13-7-12-27(22-28)39-4;1-2/h6-7,9,11-14,18-19,21,23,27,38-39,41H,5,8,10,15-17,20,22,24H2,1-4H3;2H,1H3. The molecule has 1 heterocycles. The van der Waals surface area contributed by atoms with Crippen molar-refractivity contribution in [1.29, 1.82) is 5.41 Å². The van der Waals surface area contributed by atoms with Gasteiger partial charge in [-0.15, -0.1) is 0 Å². The fourth-order valence-electron chi connectivity index (χ4n) is 5.69. The Labute approximate surface area is 277 Å². The summed E-state index contributed by atoms with van der Waals surface area (Å²) in [6.45, 7) is 10.2. The molecule has 1 aromatic heterocycles. The number of rotatable bonds is 16. The second kappa shape index (κ2) is 17.4. The Hall–Kier alpha value is -3.53. The number of fused-ring (bicyclic) bond motifs is 1. The number of thioether (sulfide) groups is 1. The van der Waals surface area contributed by atoms with Crippen LogP contribution in [0.15, 0.2) is 71.6 Å². The molecule has 0 saturated heterocycles. The molecular weight excluding hydrogens is 599 g/mol. The molecule has 0 aliphatic heterocycles. The number of amidine groups is 1. The summed E-state index contributed by atoms with van der Waals surface area (Å²) in [7, 11) is 2.91. The van der Waals surface area contributed by atoms with Gasteiger partial charge in [-0.25, -0.2) is 9.38 Å². The van der Waals surface area contributed by atoms with E-state index in [0.29, 0.717) is 31.4 Å². The zero-order valence-corrected chi connectivity index (χ0v) is 28.6. The van der Waals surface area contributed by atoms with Gasteiger partial charge in [-0.3, -0.25) is 5.41 Å². The van der Waals surface area contributed by atoms with Gasteiger partial charge in [0, 0.05) is 54.7 Å². The van der Waals surface area contributed by atoms with Crippen LogP contribution in [-0.4, -0.2) is 60.6 Å². The van der Waals surface area contributed by atoms with Crippen LogP contribution in [0.25, 0.3) is 10.9 Å². The van der Waals surface area contributed by atoms with Gasteiger partial charge in [0.05, 0.1) is 5.41 Å². The molecule has 1 aliphatic rings. The Morgan fingerprint density at radius 2 is 2.02 bits per heavy atom. The van der Waals surface area contributed by atoms with Crippen LogP contribution in [-0.2, 0) is 23.1 Å². The van der Waals surface area contributed by atoms with Crippen molar-refractivity contribution in [2.45, 2.75) is 70.8 Å². The predicted octanol–water partition coefficient (Wildman–Crippen LogP) is 7.58. The molecular formula is C37H49FN4O3S. The largest absolute Gasteiger partial charge is 0.458 e. The summed E-state index contributed by atoms with van der Waals surface area (Å²) < 4.78 is 21.6. The summed E-state index contributed by atoms with van der Waals surface area (Å²) >= 11 is 1.86. The fourth-order valence-corrected chi connectivity index (χ4v) is 6.88. The molecule has 4 N–H and O–H groups in total. The van der Waals surface area contributed by atoms with Gasteiger partial charge in [0.2, 0.25) is 0 Å². The van der Waals surface area contributed by atoms with E-state index in [4.69, 9.17) is 15.3 Å². The lowest BCUT2D eigenvalue weighted by Gasteiger charge is -2.33. The van der Waals surface area contributed by atoms with E-state index in [2.05, 4.69) is 54.9 Å². The van der Waals surface area contributed by atoms with Gasteiger partial charge in [0.1, 0.15) is 17.9 Å². The van der Waals surface area contributed by atoms with E-state index in [0.717, 1.165) is 71.1 Å². The minimum atomic E-state index is -0.579. The number of carbonyl (C=O) groups is 1. The third-order valence-corrected chi connectivity index (χ3v) is 10.1.